The summed E-state index contributed by atoms with van der Waals surface area (Å²) in [6, 6.07) is 8.88. The summed E-state index contributed by atoms with van der Waals surface area (Å²) in [6.07, 6.45) is 0. The summed E-state index contributed by atoms with van der Waals surface area (Å²) in [7, 11) is 0. The number of carbonyl (C=O) groups excluding carboxylic acids is 1. The third-order valence-corrected chi connectivity index (χ3v) is 1.39. The summed E-state index contributed by atoms with van der Waals surface area (Å²) in [5.74, 6) is -0.291. The monoisotopic (exact) mass is 169 g/mol. The molecule has 0 fully saturated rings. The first kappa shape index (κ1) is 7.51. The molecule has 1 rings (SSSR count). The van der Waals surface area contributed by atoms with Crippen LogP contribution in [0.4, 0.5) is 0 Å². The third kappa shape index (κ3) is 1.69. The first-order valence-corrected chi connectivity index (χ1v) is 3.41. The summed E-state index contributed by atoms with van der Waals surface area (Å²) in [5.41, 5.74) is 0.588. The normalized spacial score (nSPS) is 8.70. The van der Waals surface area contributed by atoms with Crippen LogP contribution in [0.25, 0.3) is 0 Å². The van der Waals surface area contributed by atoms with Crippen LogP contribution in [0.1, 0.15) is 10.4 Å². The Hall–Kier alpha value is -0.596. The molecule has 0 N–H and O–H groups in total. The molecule has 0 radical (unpaired) electrons. The average molecular weight is 169 g/mol. The van der Waals surface area contributed by atoms with E-state index in [1.807, 2.05) is 6.07 Å². The van der Waals surface area contributed by atoms with Gasteiger partial charge in [-0.2, -0.15) is 0 Å². The van der Waals surface area contributed by atoms with Crippen LogP contribution < -0.4 is 0 Å². The fourth-order valence-corrected chi connectivity index (χ4v) is 0.817. The second-order valence-corrected chi connectivity index (χ2v) is 2.07. The van der Waals surface area contributed by atoms with Gasteiger partial charge in [0.25, 0.3) is 0 Å². The van der Waals surface area contributed by atoms with Gasteiger partial charge in [-0.3, -0.25) is 0 Å². The molecule has 0 heterocycles. The molecule has 0 saturated carbocycles. The van der Waals surface area contributed by atoms with E-state index >= 15 is 0 Å². The first-order valence-electron chi connectivity index (χ1n) is 2.77. The van der Waals surface area contributed by atoms with E-state index in [0.717, 1.165) is 0 Å². The number of rotatable bonds is 1. The molecule has 1 aromatic carbocycles. The fraction of sp³-hybridized carbons (Fsp3) is 0. The van der Waals surface area contributed by atoms with Crippen LogP contribution in [0.5, 0.6) is 0 Å². The van der Waals surface area contributed by atoms with Crippen molar-refractivity contribution in [3.05, 3.63) is 35.9 Å². The van der Waals surface area contributed by atoms with Crippen molar-refractivity contribution in [1.29, 1.82) is 0 Å². The zero-order valence-corrected chi connectivity index (χ0v) is 6.76. The van der Waals surface area contributed by atoms with Crippen LogP contribution in [0.3, 0.4) is 0 Å². The van der Waals surface area contributed by atoms with Crippen LogP contribution in [-0.4, -0.2) is 5.97 Å². The van der Waals surface area contributed by atoms with Gasteiger partial charge in [0.1, 0.15) is 0 Å². The standard InChI is InChI=1S/C7H6O2.Ti/c8-7(9)6-4-2-1-3-5-6;/h1-5H,(H,8,9);/q;+1/p-1. The van der Waals surface area contributed by atoms with E-state index in [0.29, 0.717) is 5.56 Å². The second kappa shape index (κ2) is 3.54. The van der Waals surface area contributed by atoms with Gasteiger partial charge >= 0.3 is 70.8 Å². The molecule has 10 heavy (non-hydrogen) atoms. The Labute approximate surface area is 71.1 Å². The molecular formula is C7H5O2Ti. The van der Waals surface area contributed by atoms with Gasteiger partial charge in [0.05, 0.1) is 0 Å². The Balaban J connectivity index is 2.85. The summed E-state index contributed by atoms with van der Waals surface area (Å²) in [6.45, 7) is 0. The van der Waals surface area contributed by atoms with Crippen molar-refractivity contribution in [3.8, 4) is 0 Å². The molecule has 0 aliphatic rings. The summed E-state index contributed by atoms with van der Waals surface area (Å²) < 4.78 is 4.50. The number of carbonyl (C=O) groups is 1. The molecule has 1 aromatic rings. The van der Waals surface area contributed by atoms with Gasteiger partial charge in [0, 0.05) is 0 Å². The van der Waals surface area contributed by atoms with Gasteiger partial charge in [0.2, 0.25) is 0 Å². The molecule has 0 bridgehead atoms. The van der Waals surface area contributed by atoms with Gasteiger partial charge in [-0.1, -0.05) is 0 Å². The van der Waals surface area contributed by atoms with Crippen molar-refractivity contribution in [2.45, 2.75) is 0 Å². The van der Waals surface area contributed by atoms with Gasteiger partial charge in [-0.05, 0) is 0 Å². The van der Waals surface area contributed by atoms with E-state index in [-0.39, 0.29) is 5.97 Å². The van der Waals surface area contributed by atoms with Crippen LogP contribution in [0.15, 0.2) is 30.3 Å². The van der Waals surface area contributed by atoms with Gasteiger partial charge < -0.3 is 0 Å². The second-order valence-electron chi connectivity index (χ2n) is 1.76. The van der Waals surface area contributed by atoms with E-state index < -0.39 is 0 Å². The van der Waals surface area contributed by atoms with Crippen LogP contribution in [0, 0.1) is 0 Å². The first-order chi connectivity index (χ1) is 4.84. The van der Waals surface area contributed by atoms with Gasteiger partial charge in [0.15, 0.2) is 0 Å². The Morgan fingerprint density at radius 3 is 2.40 bits per heavy atom. The van der Waals surface area contributed by atoms with Crippen molar-refractivity contribution < 1.29 is 28.9 Å². The minimum atomic E-state index is -0.291. The molecular weight excluding hydrogens is 164 g/mol. The fourth-order valence-electron chi connectivity index (χ4n) is 0.633. The van der Waals surface area contributed by atoms with Crippen LogP contribution in [-0.2, 0) is 24.1 Å². The van der Waals surface area contributed by atoms with Gasteiger partial charge in [-0.15, -0.1) is 0 Å². The molecule has 2 nitrogen and oxygen atoms in total. The van der Waals surface area contributed by atoms with Crippen molar-refractivity contribution >= 4 is 5.97 Å². The SMILES string of the molecule is O=C([O][Ti])c1ccccc1. The summed E-state index contributed by atoms with van der Waals surface area (Å²) in [5, 5.41) is 0. The molecule has 49 valence electrons. The molecule has 0 unspecified atom stereocenters. The zero-order chi connectivity index (χ0) is 7.40. The Morgan fingerprint density at radius 1 is 1.30 bits per heavy atom. The minimum absolute atomic E-state index is 0.291. The maximum atomic E-state index is 10.8. The number of hydrogen-bond acceptors (Lipinski definition) is 2. The molecule has 0 atom stereocenters. The van der Waals surface area contributed by atoms with Gasteiger partial charge in [-0.25, -0.2) is 0 Å². The number of benzene rings is 1. The predicted octanol–water partition coefficient (Wildman–Crippen LogP) is 1.31. The average Bonchev–Trinajstić information content (AvgIpc) is 2.05. The van der Waals surface area contributed by atoms with Crippen molar-refractivity contribution in [3.63, 3.8) is 0 Å². The molecule has 0 aromatic heterocycles. The molecule has 0 saturated heterocycles. The van der Waals surface area contributed by atoms with E-state index in [4.69, 9.17) is 0 Å². The van der Waals surface area contributed by atoms with Crippen molar-refractivity contribution in [2.24, 2.45) is 0 Å². The van der Waals surface area contributed by atoms with E-state index in [1.165, 1.54) is 20.8 Å². The number of hydrogen-bond donors (Lipinski definition) is 0. The molecule has 3 heteroatoms. The van der Waals surface area contributed by atoms with E-state index in [9.17, 15) is 4.79 Å². The molecule has 0 aliphatic carbocycles. The topological polar surface area (TPSA) is 26.3 Å². The maximum absolute atomic E-state index is 10.8. The predicted molar refractivity (Wildman–Crippen MR) is 31.9 cm³/mol. The zero-order valence-electron chi connectivity index (χ0n) is 5.20. The van der Waals surface area contributed by atoms with Crippen LogP contribution >= 0.6 is 0 Å². The quantitative estimate of drug-likeness (QED) is 0.592. The molecule has 0 spiro atoms. The Morgan fingerprint density at radius 2 is 1.90 bits per heavy atom. The van der Waals surface area contributed by atoms with Crippen molar-refractivity contribution in [2.75, 3.05) is 0 Å². The van der Waals surface area contributed by atoms with Crippen molar-refractivity contribution in [1.82, 2.24) is 0 Å². The van der Waals surface area contributed by atoms with E-state index in [2.05, 4.69) is 3.32 Å². The van der Waals surface area contributed by atoms with E-state index in [1.54, 1.807) is 24.3 Å². The summed E-state index contributed by atoms with van der Waals surface area (Å²) in [4.78, 5) is 10.8. The van der Waals surface area contributed by atoms with Crippen LogP contribution in [0.2, 0.25) is 0 Å². The summed E-state index contributed by atoms with van der Waals surface area (Å²) >= 11 is 1.37. The molecule has 0 amide bonds. The molecule has 0 aliphatic heterocycles. The third-order valence-electron chi connectivity index (χ3n) is 1.10. The Bertz CT molecular complexity index is 220. The Kier molecular flexibility index (Phi) is 2.66.